The van der Waals surface area contributed by atoms with Crippen LogP contribution in [-0.4, -0.2) is 8.42 Å². The Morgan fingerprint density at radius 1 is 1.24 bits per heavy atom. The minimum Gasteiger partial charge on any atom is -0.398 e. The molecule has 0 spiro atoms. The fourth-order valence-electron chi connectivity index (χ4n) is 1.78. The van der Waals surface area contributed by atoms with Crippen molar-refractivity contribution in [2.24, 2.45) is 0 Å². The molecule has 0 radical (unpaired) electrons. The molecule has 8 heteroatoms. The van der Waals surface area contributed by atoms with E-state index in [4.69, 9.17) is 28.9 Å². The van der Waals surface area contributed by atoms with Crippen molar-refractivity contribution in [3.8, 4) is 0 Å². The van der Waals surface area contributed by atoms with Crippen LogP contribution in [0, 0.1) is 12.7 Å². The van der Waals surface area contributed by atoms with Gasteiger partial charge in [0.25, 0.3) is 10.0 Å². The first kappa shape index (κ1) is 15.9. The number of nitrogen functional groups attached to an aromatic ring is 1. The molecule has 0 aliphatic carbocycles. The number of hydrogen-bond donors (Lipinski definition) is 2. The van der Waals surface area contributed by atoms with E-state index in [0.29, 0.717) is 0 Å². The van der Waals surface area contributed by atoms with E-state index in [2.05, 4.69) is 4.72 Å². The van der Waals surface area contributed by atoms with Gasteiger partial charge in [0, 0.05) is 10.6 Å². The molecule has 0 aliphatic heterocycles. The molecule has 0 saturated heterocycles. The topological polar surface area (TPSA) is 72.2 Å². The van der Waals surface area contributed by atoms with Gasteiger partial charge in [0.1, 0.15) is 10.7 Å². The molecule has 3 N–H and O–H groups in total. The largest absolute Gasteiger partial charge is 0.398 e. The summed E-state index contributed by atoms with van der Waals surface area (Å²) < 4.78 is 40.5. The summed E-state index contributed by atoms with van der Waals surface area (Å²) >= 11 is 11.6. The van der Waals surface area contributed by atoms with Gasteiger partial charge in [0.05, 0.1) is 16.4 Å². The molecule has 0 heterocycles. The molecule has 2 aromatic carbocycles. The second kappa shape index (κ2) is 5.71. The van der Waals surface area contributed by atoms with Gasteiger partial charge in [-0.2, -0.15) is 0 Å². The molecule has 0 amide bonds. The molecule has 0 fully saturated rings. The van der Waals surface area contributed by atoms with Gasteiger partial charge in [0.15, 0.2) is 0 Å². The quantitative estimate of drug-likeness (QED) is 0.828. The third-order valence-electron chi connectivity index (χ3n) is 2.82. The van der Waals surface area contributed by atoms with Crippen LogP contribution in [0.5, 0.6) is 0 Å². The average molecular weight is 349 g/mol. The lowest BCUT2D eigenvalue weighted by Crippen LogP contribution is -2.16. The molecular formula is C13H11Cl2FN2O2S. The SMILES string of the molecule is Cc1c(F)cccc1NS(=O)(=O)c1c(N)cc(Cl)cc1Cl. The number of nitrogens with one attached hydrogen (secondary N) is 1. The molecular weight excluding hydrogens is 338 g/mol. The minimum absolute atomic E-state index is 0.0888. The highest BCUT2D eigenvalue weighted by Gasteiger charge is 2.23. The standard InChI is InChI=1S/C13H11Cl2FN2O2S/c1-7-10(16)3-2-4-12(7)18-21(19,20)13-9(15)5-8(14)6-11(13)17/h2-6,18H,17H2,1H3. The first-order valence-electron chi connectivity index (χ1n) is 5.75. The Morgan fingerprint density at radius 2 is 1.90 bits per heavy atom. The highest BCUT2D eigenvalue weighted by Crippen LogP contribution is 2.33. The van der Waals surface area contributed by atoms with Crippen molar-refractivity contribution in [3.05, 3.63) is 51.8 Å². The smallest absolute Gasteiger partial charge is 0.265 e. The zero-order valence-electron chi connectivity index (χ0n) is 10.8. The second-order valence-electron chi connectivity index (χ2n) is 4.32. The summed E-state index contributed by atoms with van der Waals surface area (Å²) in [6, 6.07) is 6.62. The van der Waals surface area contributed by atoms with Crippen molar-refractivity contribution in [2.45, 2.75) is 11.8 Å². The lowest BCUT2D eigenvalue weighted by atomic mass is 10.2. The van der Waals surface area contributed by atoms with Crippen molar-refractivity contribution in [1.82, 2.24) is 0 Å². The predicted octanol–water partition coefficient (Wildman–Crippen LogP) is 3.82. The Hall–Kier alpha value is -1.50. The van der Waals surface area contributed by atoms with Gasteiger partial charge in [-0.25, -0.2) is 12.8 Å². The zero-order chi connectivity index (χ0) is 15.8. The Bertz CT molecular complexity index is 787. The molecule has 4 nitrogen and oxygen atoms in total. The van der Waals surface area contributed by atoms with Gasteiger partial charge < -0.3 is 5.73 Å². The van der Waals surface area contributed by atoms with Crippen LogP contribution in [0.1, 0.15) is 5.56 Å². The fourth-order valence-corrected chi connectivity index (χ4v) is 3.89. The van der Waals surface area contributed by atoms with Crippen molar-refractivity contribution in [1.29, 1.82) is 0 Å². The predicted molar refractivity (Wildman–Crippen MR) is 82.8 cm³/mol. The molecule has 0 aromatic heterocycles. The number of halogens is 3. The van der Waals surface area contributed by atoms with E-state index >= 15 is 0 Å². The number of rotatable bonds is 3. The van der Waals surface area contributed by atoms with Crippen LogP contribution >= 0.6 is 23.2 Å². The molecule has 0 unspecified atom stereocenters. The summed E-state index contributed by atoms with van der Waals surface area (Å²) in [5, 5.41) is 0.111. The van der Waals surface area contributed by atoms with Gasteiger partial charge in [-0.15, -0.1) is 0 Å². The maximum absolute atomic E-state index is 13.5. The van der Waals surface area contributed by atoms with E-state index in [1.54, 1.807) is 0 Å². The van der Waals surface area contributed by atoms with Gasteiger partial charge in [-0.3, -0.25) is 4.72 Å². The summed E-state index contributed by atoms with van der Waals surface area (Å²) in [7, 11) is -4.06. The summed E-state index contributed by atoms with van der Waals surface area (Å²) in [6.07, 6.45) is 0. The Labute approximate surface area is 131 Å². The zero-order valence-corrected chi connectivity index (χ0v) is 13.2. The van der Waals surface area contributed by atoms with Crippen molar-refractivity contribution < 1.29 is 12.8 Å². The van der Waals surface area contributed by atoms with E-state index in [9.17, 15) is 12.8 Å². The van der Waals surface area contributed by atoms with E-state index in [-0.39, 0.29) is 31.9 Å². The summed E-state index contributed by atoms with van der Waals surface area (Å²) in [6.45, 7) is 1.46. The van der Waals surface area contributed by atoms with Crippen LogP contribution in [0.15, 0.2) is 35.2 Å². The maximum atomic E-state index is 13.5. The molecule has 0 atom stereocenters. The van der Waals surface area contributed by atoms with Crippen LogP contribution < -0.4 is 10.5 Å². The molecule has 2 aromatic rings. The lowest BCUT2D eigenvalue weighted by Gasteiger charge is -2.14. The summed E-state index contributed by atoms with van der Waals surface area (Å²) in [5.74, 6) is -0.523. The monoisotopic (exact) mass is 348 g/mol. The summed E-state index contributed by atoms with van der Waals surface area (Å²) in [5.41, 5.74) is 5.86. The van der Waals surface area contributed by atoms with E-state index in [1.165, 1.54) is 37.3 Å². The second-order valence-corrected chi connectivity index (χ2v) is 6.79. The van der Waals surface area contributed by atoms with Crippen molar-refractivity contribution in [2.75, 3.05) is 10.5 Å². The van der Waals surface area contributed by atoms with E-state index < -0.39 is 15.8 Å². The number of anilines is 2. The highest BCUT2D eigenvalue weighted by atomic mass is 35.5. The molecule has 0 bridgehead atoms. The number of nitrogens with two attached hydrogens (primary N) is 1. The van der Waals surface area contributed by atoms with E-state index in [0.717, 1.165) is 0 Å². The molecule has 21 heavy (non-hydrogen) atoms. The van der Waals surface area contributed by atoms with Gasteiger partial charge in [-0.1, -0.05) is 29.3 Å². The van der Waals surface area contributed by atoms with E-state index in [1.807, 2.05) is 0 Å². The number of hydrogen-bond acceptors (Lipinski definition) is 3. The van der Waals surface area contributed by atoms with Crippen LogP contribution in [0.2, 0.25) is 10.0 Å². The Morgan fingerprint density at radius 3 is 2.52 bits per heavy atom. The number of sulfonamides is 1. The number of benzene rings is 2. The fraction of sp³-hybridized carbons (Fsp3) is 0.0769. The van der Waals surface area contributed by atoms with Gasteiger partial charge in [0.2, 0.25) is 0 Å². The Kier molecular flexibility index (Phi) is 4.32. The highest BCUT2D eigenvalue weighted by molar-refractivity contribution is 7.93. The van der Waals surface area contributed by atoms with Crippen LogP contribution in [0.4, 0.5) is 15.8 Å². The lowest BCUT2D eigenvalue weighted by molar-refractivity contribution is 0.601. The minimum atomic E-state index is -4.06. The molecule has 2 rings (SSSR count). The third kappa shape index (κ3) is 3.23. The van der Waals surface area contributed by atoms with Crippen LogP contribution in [0.25, 0.3) is 0 Å². The first-order valence-corrected chi connectivity index (χ1v) is 7.99. The Balaban J connectivity index is 2.51. The molecule has 0 saturated carbocycles. The van der Waals surface area contributed by atoms with Gasteiger partial charge >= 0.3 is 0 Å². The normalized spacial score (nSPS) is 11.4. The first-order chi connectivity index (χ1) is 9.72. The molecule has 112 valence electrons. The van der Waals surface area contributed by atoms with Crippen molar-refractivity contribution >= 4 is 44.6 Å². The average Bonchev–Trinajstić information content (AvgIpc) is 2.33. The van der Waals surface area contributed by atoms with Crippen molar-refractivity contribution in [3.63, 3.8) is 0 Å². The molecule has 0 aliphatic rings. The third-order valence-corrected chi connectivity index (χ3v) is 4.93. The van der Waals surface area contributed by atoms with Crippen LogP contribution in [-0.2, 0) is 10.0 Å². The maximum Gasteiger partial charge on any atom is 0.265 e. The van der Waals surface area contributed by atoms with Gasteiger partial charge in [-0.05, 0) is 31.2 Å². The summed E-state index contributed by atoms with van der Waals surface area (Å²) in [4.78, 5) is -0.294. The van der Waals surface area contributed by atoms with Crippen LogP contribution in [0.3, 0.4) is 0 Å².